The summed E-state index contributed by atoms with van der Waals surface area (Å²) in [6.45, 7) is 0. The molecule has 72 heavy (non-hydrogen) atoms. The van der Waals surface area contributed by atoms with Crippen molar-refractivity contribution in [1.29, 1.82) is 0 Å². The smallest absolute Gasteiger partial charge is 0.0499 e. The minimum absolute atomic E-state index is 1.01. The number of hydrogen-bond donors (Lipinski definition) is 0. The molecule has 0 bridgehead atoms. The van der Waals surface area contributed by atoms with Gasteiger partial charge in [-0.05, 0) is 176 Å². The van der Waals surface area contributed by atoms with Crippen LogP contribution in [0.5, 0.6) is 0 Å². The molecule has 0 spiro atoms. The quantitative estimate of drug-likeness (QED) is 0.120. The average Bonchev–Trinajstić information content (AvgIpc) is 3.47. The molecule has 2 aliphatic rings. The van der Waals surface area contributed by atoms with Gasteiger partial charge in [0.1, 0.15) is 0 Å². The van der Waals surface area contributed by atoms with Gasteiger partial charge in [-0.1, -0.05) is 206 Å². The molecule has 0 aliphatic heterocycles. The number of hydrogen-bond acceptors (Lipinski definition) is 2. The Morgan fingerprint density at radius 1 is 0.292 bits per heavy atom. The molecule has 0 heterocycles. The second-order valence-electron chi connectivity index (χ2n) is 18.7. The van der Waals surface area contributed by atoms with Crippen molar-refractivity contribution in [2.45, 2.75) is 25.7 Å². The van der Waals surface area contributed by atoms with Crippen LogP contribution >= 0.6 is 0 Å². The maximum atomic E-state index is 2.48. The van der Waals surface area contributed by atoms with Gasteiger partial charge < -0.3 is 9.80 Å². The minimum Gasteiger partial charge on any atom is -0.311 e. The zero-order valence-corrected chi connectivity index (χ0v) is 40.3. The monoisotopic (exact) mass is 922 g/mol. The summed E-state index contributed by atoms with van der Waals surface area (Å²) in [5, 5.41) is 0. The normalized spacial score (nSPS) is 12.8. The summed E-state index contributed by atoms with van der Waals surface area (Å²) in [5.74, 6) is 0. The SMILES string of the molecule is C1=CCCC(c2cc(N(c3ccc(-c4ccc(N(c5ccc(-c6ccccc6)cc5)c5ccc(-c6cccc(-c7ccccc7)c6)cc5)cc4)cc3)c3cccc4c3CCC=C4)ccc2-c2ccccc2)=C1. The fourth-order valence-electron chi connectivity index (χ4n) is 10.5. The van der Waals surface area contributed by atoms with Gasteiger partial charge in [0.15, 0.2) is 0 Å². The summed E-state index contributed by atoms with van der Waals surface area (Å²) in [6, 6.07) is 90.8. The van der Waals surface area contributed by atoms with Crippen LogP contribution in [0, 0.1) is 0 Å². The lowest BCUT2D eigenvalue weighted by molar-refractivity contribution is 0.979. The number of rotatable bonds is 12. The van der Waals surface area contributed by atoms with Crippen molar-refractivity contribution >= 4 is 45.8 Å². The third-order valence-corrected chi connectivity index (χ3v) is 14.2. The van der Waals surface area contributed by atoms with Gasteiger partial charge in [-0.2, -0.15) is 0 Å². The molecule has 10 aromatic rings. The highest BCUT2D eigenvalue weighted by Crippen LogP contribution is 2.44. The molecule has 0 unspecified atom stereocenters. The van der Waals surface area contributed by atoms with Gasteiger partial charge in [0.05, 0.1) is 0 Å². The molecule has 0 radical (unpaired) electrons. The molecular weight excluding hydrogens is 869 g/mol. The van der Waals surface area contributed by atoms with Crippen molar-refractivity contribution in [2.75, 3.05) is 9.80 Å². The minimum atomic E-state index is 1.01. The largest absolute Gasteiger partial charge is 0.311 e. The Hall–Kier alpha value is -8.98. The van der Waals surface area contributed by atoms with E-state index in [4.69, 9.17) is 0 Å². The van der Waals surface area contributed by atoms with Gasteiger partial charge in [0, 0.05) is 34.1 Å². The molecule has 0 aromatic heterocycles. The third-order valence-electron chi connectivity index (χ3n) is 14.2. The Morgan fingerprint density at radius 2 is 0.736 bits per heavy atom. The molecule has 0 saturated carbocycles. The van der Waals surface area contributed by atoms with Gasteiger partial charge in [-0.25, -0.2) is 0 Å². The predicted molar refractivity (Wildman–Crippen MR) is 307 cm³/mol. The predicted octanol–water partition coefficient (Wildman–Crippen LogP) is 19.7. The van der Waals surface area contributed by atoms with Crippen LogP contribution in [-0.2, 0) is 6.42 Å². The number of fused-ring (bicyclic) bond motifs is 1. The Labute approximate surface area is 424 Å². The van der Waals surface area contributed by atoms with E-state index in [1.54, 1.807) is 0 Å². The van der Waals surface area contributed by atoms with Crippen molar-refractivity contribution in [2.24, 2.45) is 0 Å². The van der Waals surface area contributed by atoms with Gasteiger partial charge in [-0.15, -0.1) is 0 Å². The second kappa shape index (κ2) is 20.2. The van der Waals surface area contributed by atoms with Crippen molar-refractivity contribution in [3.05, 3.63) is 290 Å². The lowest BCUT2D eigenvalue weighted by Crippen LogP contribution is -2.14. The van der Waals surface area contributed by atoms with Crippen LogP contribution in [0.3, 0.4) is 0 Å². The molecule has 0 atom stereocenters. The Morgan fingerprint density at radius 3 is 1.28 bits per heavy atom. The van der Waals surface area contributed by atoms with E-state index in [-0.39, 0.29) is 0 Å². The fourth-order valence-corrected chi connectivity index (χ4v) is 10.5. The standard InChI is InChI=1S/C70H54N2/c1-5-17-51(18-6-1)53-31-39-62(40-32-53)71(64-43-37-56(38-44-64)61-28-15-27-60(49-61)52-19-7-2-8-20-52)63-41-33-54(34-42-63)55-35-45-65(46-36-55)72(70-30-16-26-58-25-13-14-29-68(58)70)66-47-48-67(57-21-9-3-10-22-57)69(50-66)59-23-11-4-12-24-59/h1-11,13,15-23,25-28,30-50H,12,14,24,29H2. The average molecular weight is 923 g/mol. The molecule has 12 rings (SSSR count). The number of anilines is 6. The van der Waals surface area contributed by atoms with Crippen LogP contribution in [0.1, 0.15) is 36.0 Å². The van der Waals surface area contributed by atoms with Gasteiger partial charge in [0.25, 0.3) is 0 Å². The Balaban J connectivity index is 0.888. The molecule has 2 nitrogen and oxygen atoms in total. The lowest BCUT2D eigenvalue weighted by atomic mass is 9.89. The van der Waals surface area contributed by atoms with Crippen LogP contribution in [0.4, 0.5) is 34.1 Å². The van der Waals surface area contributed by atoms with E-state index in [0.717, 1.165) is 54.1 Å². The summed E-state index contributed by atoms with van der Waals surface area (Å²) in [5.41, 5.74) is 24.2. The van der Waals surface area contributed by atoms with Gasteiger partial charge >= 0.3 is 0 Å². The maximum absolute atomic E-state index is 2.48. The molecular formula is C70H54N2. The fraction of sp³-hybridized carbons (Fsp3) is 0.0571. The van der Waals surface area contributed by atoms with E-state index in [9.17, 15) is 0 Å². The van der Waals surface area contributed by atoms with E-state index in [2.05, 4.69) is 289 Å². The zero-order chi connectivity index (χ0) is 48.1. The molecule has 2 heteroatoms. The van der Waals surface area contributed by atoms with E-state index in [1.165, 1.54) is 83.6 Å². The summed E-state index contributed by atoms with van der Waals surface area (Å²) >= 11 is 0. The summed E-state index contributed by atoms with van der Waals surface area (Å²) < 4.78 is 0. The molecule has 0 amide bonds. The molecule has 0 fully saturated rings. The zero-order valence-electron chi connectivity index (χ0n) is 40.3. The molecule has 0 N–H and O–H groups in total. The first-order valence-corrected chi connectivity index (χ1v) is 25.3. The van der Waals surface area contributed by atoms with Crippen LogP contribution < -0.4 is 9.80 Å². The third kappa shape index (κ3) is 9.15. The first-order chi connectivity index (χ1) is 35.7. The molecule has 0 saturated heterocycles. The number of allylic oxidation sites excluding steroid dienone is 5. The van der Waals surface area contributed by atoms with Crippen molar-refractivity contribution in [1.82, 2.24) is 0 Å². The Bertz CT molecular complexity index is 3570. The highest BCUT2D eigenvalue weighted by molar-refractivity contribution is 5.89. The molecule has 2 aliphatic carbocycles. The van der Waals surface area contributed by atoms with Crippen LogP contribution in [0.2, 0.25) is 0 Å². The van der Waals surface area contributed by atoms with Gasteiger partial charge in [0.2, 0.25) is 0 Å². The van der Waals surface area contributed by atoms with Crippen LogP contribution in [-0.4, -0.2) is 0 Å². The summed E-state index contributed by atoms with van der Waals surface area (Å²) in [7, 11) is 0. The van der Waals surface area contributed by atoms with E-state index >= 15 is 0 Å². The first kappa shape index (κ1) is 44.2. The summed E-state index contributed by atoms with van der Waals surface area (Å²) in [4.78, 5) is 4.84. The highest BCUT2D eigenvalue weighted by atomic mass is 15.1. The molecule has 344 valence electrons. The van der Waals surface area contributed by atoms with Crippen LogP contribution in [0.15, 0.2) is 273 Å². The van der Waals surface area contributed by atoms with Crippen molar-refractivity contribution in [3.8, 4) is 55.6 Å². The van der Waals surface area contributed by atoms with E-state index in [1.807, 2.05) is 0 Å². The second-order valence-corrected chi connectivity index (χ2v) is 18.7. The lowest BCUT2D eigenvalue weighted by Gasteiger charge is -2.30. The van der Waals surface area contributed by atoms with E-state index in [0.29, 0.717) is 0 Å². The van der Waals surface area contributed by atoms with Gasteiger partial charge in [-0.3, -0.25) is 0 Å². The summed E-state index contributed by atoms with van der Waals surface area (Å²) in [6.07, 6.45) is 15.5. The maximum Gasteiger partial charge on any atom is 0.0499 e. The highest BCUT2D eigenvalue weighted by Gasteiger charge is 2.22. The molecule has 10 aromatic carbocycles. The van der Waals surface area contributed by atoms with Crippen molar-refractivity contribution in [3.63, 3.8) is 0 Å². The van der Waals surface area contributed by atoms with Crippen LogP contribution in [0.25, 0.3) is 67.3 Å². The van der Waals surface area contributed by atoms with E-state index < -0.39 is 0 Å². The van der Waals surface area contributed by atoms with Crippen molar-refractivity contribution < 1.29 is 0 Å². The first-order valence-electron chi connectivity index (χ1n) is 25.3. The number of nitrogens with zero attached hydrogens (tertiary/aromatic N) is 2. The number of benzene rings is 10. The Kier molecular flexibility index (Phi) is 12.4. The topological polar surface area (TPSA) is 6.48 Å².